The third-order valence-corrected chi connectivity index (χ3v) is 4.95. The molecule has 0 aliphatic heterocycles. The predicted octanol–water partition coefficient (Wildman–Crippen LogP) is 2.45. The normalized spacial score (nSPS) is 11.1. The van der Waals surface area contributed by atoms with Crippen LogP contribution in [0.2, 0.25) is 5.02 Å². The molecular weight excluding hydrogens is 364 g/mol. The molecule has 0 unspecified atom stereocenters. The molecule has 0 radical (unpaired) electrons. The highest BCUT2D eigenvalue weighted by molar-refractivity contribution is 7.89. The largest absolute Gasteiger partial charge is 0.495 e. The molecule has 0 atom stereocenters. The molecule has 8 heteroatoms. The lowest BCUT2D eigenvalue weighted by atomic mass is 10.2. The first kappa shape index (κ1) is 19.2. The van der Waals surface area contributed by atoms with Crippen molar-refractivity contribution >= 4 is 33.2 Å². The van der Waals surface area contributed by atoms with E-state index in [-0.39, 0.29) is 12.3 Å². The Balaban J connectivity index is 1.87. The number of anilines is 1. The summed E-state index contributed by atoms with van der Waals surface area (Å²) in [5.41, 5.74) is 1.30. The summed E-state index contributed by atoms with van der Waals surface area (Å²) in [6.07, 6.45) is 0.375. The third kappa shape index (κ3) is 6.38. The van der Waals surface area contributed by atoms with E-state index in [1.165, 1.54) is 13.2 Å². The summed E-state index contributed by atoms with van der Waals surface area (Å²) in [6, 6.07) is 14.0. The Morgan fingerprint density at radius 3 is 2.56 bits per heavy atom. The van der Waals surface area contributed by atoms with Crippen LogP contribution in [0.5, 0.6) is 5.75 Å². The fourth-order valence-electron chi connectivity index (χ4n) is 2.12. The zero-order valence-corrected chi connectivity index (χ0v) is 15.2. The van der Waals surface area contributed by atoms with Gasteiger partial charge in [0, 0.05) is 5.02 Å². The van der Waals surface area contributed by atoms with Gasteiger partial charge in [-0.15, -0.1) is 0 Å². The highest BCUT2D eigenvalue weighted by Crippen LogP contribution is 2.27. The van der Waals surface area contributed by atoms with E-state index in [0.29, 0.717) is 22.9 Å². The molecule has 0 bridgehead atoms. The maximum atomic E-state index is 12.0. The van der Waals surface area contributed by atoms with Gasteiger partial charge in [-0.05, 0) is 30.2 Å². The number of hydrogen-bond donors (Lipinski definition) is 2. The van der Waals surface area contributed by atoms with E-state index in [2.05, 4.69) is 10.0 Å². The molecule has 0 saturated heterocycles. The minimum Gasteiger partial charge on any atom is -0.495 e. The molecule has 6 nitrogen and oxygen atoms in total. The Labute approximate surface area is 152 Å². The van der Waals surface area contributed by atoms with E-state index < -0.39 is 15.9 Å². The Morgan fingerprint density at radius 2 is 1.88 bits per heavy atom. The van der Waals surface area contributed by atoms with Gasteiger partial charge in [0.15, 0.2) is 0 Å². The monoisotopic (exact) mass is 382 g/mol. The second kappa shape index (κ2) is 8.84. The maximum Gasteiger partial charge on any atom is 0.239 e. The fourth-order valence-corrected chi connectivity index (χ4v) is 3.29. The summed E-state index contributed by atoms with van der Waals surface area (Å²) in [6.45, 7) is -0.368. The molecule has 0 aromatic heterocycles. The molecule has 0 saturated carbocycles. The number of amides is 1. The first-order valence-corrected chi connectivity index (χ1v) is 9.57. The molecule has 2 rings (SSSR count). The standard InChI is InChI=1S/C17H19ClN2O4S/c1-24-16-8-7-14(18)11-15(16)20-17(21)12-19-25(22,23)10-9-13-5-3-2-4-6-13/h2-8,11,19H,9-10,12H2,1H3,(H,20,21). The van der Waals surface area contributed by atoms with Crippen LogP contribution in [-0.4, -0.2) is 33.7 Å². The molecule has 0 heterocycles. The van der Waals surface area contributed by atoms with Crippen LogP contribution in [0.25, 0.3) is 0 Å². The molecule has 2 aromatic carbocycles. The van der Waals surface area contributed by atoms with Gasteiger partial charge >= 0.3 is 0 Å². The van der Waals surface area contributed by atoms with Gasteiger partial charge < -0.3 is 10.1 Å². The van der Waals surface area contributed by atoms with Gasteiger partial charge in [-0.2, -0.15) is 0 Å². The van der Waals surface area contributed by atoms with E-state index in [4.69, 9.17) is 16.3 Å². The number of sulfonamides is 1. The Morgan fingerprint density at radius 1 is 1.16 bits per heavy atom. The number of nitrogens with one attached hydrogen (secondary N) is 2. The van der Waals surface area contributed by atoms with Gasteiger partial charge in [0.2, 0.25) is 15.9 Å². The summed E-state index contributed by atoms with van der Waals surface area (Å²) < 4.78 is 31.4. The number of halogens is 1. The SMILES string of the molecule is COc1ccc(Cl)cc1NC(=O)CNS(=O)(=O)CCc1ccccc1. The van der Waals surface area contributed by atoms with Crippen molar-refractivity contribution in [1.82, 2.24) is 4.72 Å². The van der Waals surface area contributed by atoms with Crippen LogP contribution in [0.4, 0.5) is 5.69 Å². The molecule has 2 N–H and O–H groups in total. The van der Waals surface area contributed by atoms with Crippen molar-refractivity contribution in [3.63, 3.8) is 0 Å². The van der Waals surface area contributed by atoms with Crippen molar-refractivity contribution in [3.05, 3.63) is 59.1 Å². The van der Waals surface area contributed by atoms with Gasteiger partial charge in [0.25, 0.3) is 0 Å². The number of carbonyl (C=O) groups is 1. The van der Waals surface area contributed by atoms with Crippen LogP contribution in [0, 0.1) is 0 Å². The fraction of sp³-hybridized carbons (Fsp3) is 0.235. The Kier molecular flexibility index (Phi) is 6.81. The zero-order chi connectivity index (χ0) is 18.3. The average molecular weight is 383 g/mol. The Hall–Kier alpha value is -2.09. The van der Waals surface area contributed by atoms with Gasteiger partial charge in [-0.25, -0.2) is 13.1 Å². The van der Waals surface area contributed by atoms with Crippen molar-refractivity contribution in [2.24, 2.45) is 0 Å². The minimum absolute atomic E-state index is 0.0925. The van der Waals surface area contributed by atoms with Gasteiger partial charge in [0.1, 0.15) is 5.75 Å². The Bertz CT molecular complexity index is 826. The number of aryl methyl sites for hydroxylation is 1. The van der Waals surface area contributed by atoms with E-state index >= 15 is 0 Å². The maximum absolute atomic E-state index is 12.0. The van der Waals surface area contributed by atoms with E-state index in [1.807, 2.05) is 30.3 Å². The van der Waals surface area contributed by atoms with Gasteiger partial charge in [-0.3, -0.25) is 4.79 Å². The molecular formula is C17H19ClN2O4S. The number of carbonyl (C=O) groups excluding carboxylic acids is 1. The molecule has 0 aliphatic rings. The average Bonchev–Trinajstić information content (AvgIpc) is 2.60. The lowest BCUT2D eigenvalue weighted by Crippen LogP contribution is -2.34. The summed E-state index contributed by atoms with van der Waals surface area (Å²) >= 11 is 5.89. The zero-order valence-electron chi connectivity index (χ0n) is 13.7. The number of hydrogen-bond acceptors (Lipinski definition) is 4. The first-order valence-electron chi connectivity index (χ1n) is 7.54. The topological polar surface area (TPSA) is 84.5 Å². The quantitative estimate of drug-likeness (QED) is 0.734. The second-order valence-corrected chi connectivity index (χ2v) is 7.63. The summed E-state index contributed by atoms with van der Waals surface area (Å²) in [7, 11) is -2.10. The van der Waals surface area contributed by atoms with Crippen LogP contribution in [0.3, 0.4) is 0 Å². The van der Waals surface area contributed by atoms with Gasteiger partial charge in [0.05, 0.1) is 25.1 Å². The van der Waals surface area contributed by atoms with Crippen molar-refractivity contribution in [3.8, 4) is 5.75 Å². The molecule has 0 spiro atoms. The van der Waals surface area contributed by atoms with Crippen molar-refractivity contribution < 1.29 is 17.9 Å². The third-order valence-electron chi connectivity index (χ3n) is 3.39. The van der Waals surface area contributed by atoms with Crippen LogP contribution < -0.4 is 14.8 Å². The summed E-state index contributed by atoms with van der Waals surface area (Å²) in [5.74, 6) is -0.168. The van der Waals surface area contributed by atoms with Gasteiger partial charge in [-0.1, -0.05) is 41.9 Å². The highest BCUT2D eigenvalue weighted by Gasteiger charge is 2.14. The molecule has 25 heavy (non-hydrogen) atoms. The van der Waals surface area contributed by atoms with Crippen molar-refractivity contribution in [2.75, 3.05) is 24.7 Å². The van der Waals surface area contributed by atoms with Crippen LogP contribution in [0.15, 0.2) is 48.5 Å². The number of methoxy groups -OCH3 is 1. The predicted molar refractivity (Wildman–Crippen MR) is 98.6 cm³/mol. The lowest BCUT2D eigenvalue weighted by Gasteiger charge is -2.11. The molecule has 0 aliphatic carbocycles. The minimum atomic E-state index is -3.56. The number of benzene rings is 2. The second-order valence-electron chi connectivity index (χ2n) is 5.27. The molecule has 1 amide bonds. The highest BCUT2D eigenvalue weighted by atomic mass is 35.5. The summed E-state index contributed by atoms with van der Waals surface area (Å²) in [4.78, 5) is 12.0. The van der Waals surface area contributed by atoms with E-state index in [0.717, 1.165) is 5.56 Å². The van der Waals surface area contributed by atoms with E-state index in [1.54, 1.807) is 12.1 Å². The summed E-state index contributed by atoms with van der Waals surface area (Å²) in [5, 5.41) is 3.00. The molecule has 0 fully saturated rings. The molecule has 134 valence electrons. The van der Waals surface area contributed by atoms with E-state index in [9.17, 15) is 13.2 Å². The van der Waals surface area contributed by atoms with Crippen LogP contribution in [0.1, 0.15) is 5.56 Å². The number of rotatable bonds is 8. The van der Waals surface area contributed by atoms with Crippen molar-refractivity contribution in [1.29, 1.82) is 0 Å². The molecule has 2 aromatic rings. The van der Waals surface area contributed by atoms with Crippen molar-refractivity contribution in [2.45, 2.75) is 6.42 Å². The van der Waals surface area contributed by atoms with Crippen LogP contribution in [-0.2, 0) is 21.2 Å². The number of ether oxygens (including phenoxy) is 1. The van der Waals surface area contributed by atoms with Crippen LogP contribution >= 0.6 is 11.6 Å². The lowest BCUT2D eigenvalue weighted by molar-refractivity contribution is -0.115. The smallest absolute Gasteiger partial charge is 0.239 e. The first-order chi connectivity index (χ1) is 11.9.